The van der Waals surface area contributed by atoms with Crippen LogP contribution in [-0.2, 0) is 15.1 Å². The molecule has 1 fully saturated rings. The van der Waals surface area contributed by atoms with Crippen molar-refractivity contribution in [3.8, 4) is 5.75 Å². The first-order valence-electron chi connectivity index (χ1n) is 11.8. The third kappa shape index (κ3) is 4.56. The zero-order chi connectivity index (χ0) is 26.2. The predicted octanol–water partition coefficient (Wildman–Crippen LogP) is 4.49. The molecule has 0 bridgehead atoms. The van der Waals surface area contributed by atoms with E-state index in [2.05, 4.69) is 10.4 Å². The Morgan fingerprint density at radius 2 is 1.73 bits per heavy atom. The fraction of sp³-hybridized carbons (Fsp3) is 0.214. The molecule has 0 spiro atoms. The summed E-state index contributed by atoms with van der Waals surface area (Å²) < 4.78 is 5.27. The average molecular weight is 517 g/mol. The molecule has 3 aromatic rings. The molecule has 3 aromatic carbocycles. The van der Waals surface area contributed by atoms with E-state index < -0.39 is 36.0 Å². The molecule has 8 nitrogen and oxygen atoms in total. The summed E-state index contributed by atoms with van der Waals surface area (Å²) in [5.74, 6) is -0.277. The van der Waals surface area contributed by atoms with Crippen LogP contribution in [0, 0.1) is 0 Å². The summed E-state index contributed by atoms with van der Waals surface area (Å²) in [5.41, 5.74) is 1.79. The average Bonchev–Trinajstić information content (AvgIpc) is 3.46. The van der Waals surface area contributed by atoms with E-state index in [-0.39, 0.29) is 0 Å². The van der Waals surface area contributed by atoms with Crippen molar-refractivity contribution in [3.63, 3.8) is 0 Å². The second kappa shape index (κ2) is 9.71. The maximum atomic E-state index is 13.6. The molecular weight excluding hydrogens is 492 g/mol. The van der Waals surface area contributed by atoms with Crippen LogP contribution in [0.3, 0.4) is 0 Å². The quantitative estimate of drug-likeness (QED) is 0.488. The highest BCUT2D eigenvalue weighted by molar-refractivity contribution is 6.30. The minimum Gasteiger partial charge on any atom is -0.497 e. The van der Waals surface area contributed by atoms with Gasteiger partial charge in [-0.25, -0.2) is 9.80 Å². The molecule has 0 aliphatic carbocycles. The van der Waals surface area contributed by atoms with Crippen molar-refractivity contribution in [2.45, 2.75) is 24.9 Å². The van der Waals surface area contributed by atoms with Crippen LogP contribution in [0.4, 0.5) is 4.79 Å². The van der Waals surface area contributed by atoms with Gasteiger partial charge in [0.25, 0.3) is 11.8 Å². The summed E-state index contributed by atoms with van der Waals surface area (Å²) >= 11 is 5.98. The van der Waals surface area contributed by atoms with Crippen molar-refractivity contribution < 1.29 is 19.1 Å². The minimum absolute atomic E-state index is 0.392. The number of halogens is 1. The van der Waals surface area contributed by atoms with Gasteiger partial charge in [0.15, 0.2) is 0 Å². The van der Waals surface area contributed by atoms with E-state index in [1.54, 1.807) is 38.3 Å². The number of hydrazone groups is 1. The summed E-state index contributed by atoms with van der Waals surface area (Å²) in [5, 5.41) is 9.26. The summed E-state index contributed by atoms with van der Waals surface area (Å²) in [6, 6.07) is 22.7. The van der Waals surface area contributed by atoms with Crippen LogP contribution in [0.2, 0.25) is 5.02 Å². The highest BCUT2D eigenvalue weighted by Gasteiger charge is 2.50. The van der Waals surface area contributed by atoms with Gasteiger partial charge in [-0.15, -0.1) is 0 Å². The van der Waals surface area contributed by atoms with Crippen LogP contribution < -0.4 is 10.1 Å². The van der Waals surface area contributed by atoms with Crippen molar-refractivity contribution >= 4 is 35.2 Å². The molecular formula is C28H25ClN4O4. The van der Waals surface area contributed by atoms with E-state index in [4.69, 9.17) is 16.3 Å². The minimum atomic E-state index is -1.30. The lowest BCUT2D eigenvalue weighted by atomic mass is 9.92. The zero-order valence-electron chi connectivity index (χ0n) is 20.3. The van der Waals surface area contributed by atoms with Gasteiger partial charge < -0.3 is 10.1 Å². The number of carbonyl (C=O) groups is 3. The Bertz CT molecular complexity index is 1380. The molecule has 37 heavy (non-hydrogen) atoms. The van der Waals surface area contributed by atoms with Gasteiger partial charge in [-0.05, 0) is 47.9 Å². The number of imide groups is 1. The molecule has 4 amide bonds. The van der Waals surface area contributed by atoms with Gasteiger partial charge in [-0.1, -0.05) is 66.2 Å². The summed E-state index contributed by atoms with van der Waals surface area (Å²) in [4.78, 5) is 40.7. The third-order valence-corrected chi connectivity index (χ3v) is 7.02. The number of methoxy groups -OCH3 is 1. The van der Waals surface area contributed by atoms with Gasteiger partial charge >= 0.3 is 6.03 Å². The molecule has 0 radical (unpaired) electrons. The standard InChI is InChI=1S/C28H25ClN4O4/c1-28(20-10-12-21(29)13-11-20)26(35)32(27(36)30-28)17-25(34)33-24(19-8-14-22(37-2)15-9-19)16-23(31-33)18-6-4-3-5-7-18/h3-15,24H,16-17H2,1-2H3,(H,30,36)/t24-,28-/m0/s1. The van der Waals surface area contributed by atoms with Crippen molar-refractivity contribution in [3.05, 3.63) is 101 Å². The Hall–Kier alpha value is -4.17. The maximum absolute atomic E-state index is 13.6. The zero-order valence-corrected chi connectivity index (χ0v) is 21.1. The molecule has 0 saturated carbocycles. The Kier molecular flexibility index (Phi) is 6.43. The van der Waals surface area contributed by atoms with Crippen LogP contribution in [0.5, 0.6) is 5.75 Å². The van der Waals surface area contributed by atoms with Crippen molar-refractivity contribution in [1.29, 1.82) is 0 Å². The fourth-order valence-corrected chi connectivity index (χ4v) is 4.78. The molecule has 2 atom stereocenters. The molecule has 188 valence electrons. The van der Waals surface area contributed by atoms with Crippen molar-refractivity contribution in [2.75, 3.05) is 13.7 Å². The molecule has 0 aromatic heterocycles. The molecule has 2 aliphatic rings. The van der Waals surface area contributed by atoms with Crippen molar-refractivity contribution in [2.24, 2.45) is 5.10 Å². The van der Waals surface area contributed by atoms with Gasteiger partial charge in [-0.2, -0.15) is 5.10 Å². The maximum Gasteiger partial charge on any atom is 0.325 e. The SMILES string of the molecule is COc1ccc([C@@H]2CC(c3ccccc3)=NN2C(=O)CN2C(=O)N[C@@](C)(c3ccc(Cl)cc3)C2=O)cc1. The van der Waals surface area contributed by atoms with Gasteiger partial charge in [0.1, 0.15) is 17.8 Å². The van der Waals surface area contributed by atoms with Crippen LogP contribution >= 0.6 is 11.6 Å². The third-order valence-electron chi connectivity index (χ3n) is 6.76. The van der Waals surface area contributed by atoms with E-state index in [1.165, 1.54) is 5.01 Å². The van der Waals surface area contributed by atoms with Gasteiger partial charge in [0, 0.05) is 11.4 Å². The smallest absolute Gasteiger partial charge is 0.325 e. The first-order valence-corrected chi connectivity index (χ1v) is 12.2. The van der Waals surface area contributed by atoms with Gasteiger partial charge in [0.2, 0.25) is 0 Å². The van der Waals surface area contributed by atoms with E-state index in [0.29, 0.717) is 22.8 Å². The molecule has 2 heterocycles. The predicted molar refractivity (Wildman–Crippen MR) is 139 cm³/mol. The van der Waals surface area contributed by atoms with Crippen LogP contribution in [-0.4, -0.2) is 47.1 Å². The number of amides is 4. The Morgan fingerprint density at radius 3 is 2.38 bits per heavy atom. The molecule has 9 heteroatoms. The van der Waals surface area contributed by atoms with E-state index in [0.717, 1.165) is 21.7 Å². The number of rotatable bonds is 6. The lowest BCUT2D eigenvalue weighted by Gasteiger charge is -2.25. The monoisotopic (exact) mass is 516 g/mol. The van der Waals surface area contributed by atoms with E-state index >= 15 is 0 Å². The summed E-state index contributed by atoms with van der Waals surface area (Å²) in [6.07, 6.45) is 0.491. The number of hydrogen-bond donors (Lipinski definition) is 1. The first kappa shape index (κ1) is 24.5. The Labute approximate surface area is 219 Å². The molecule has 0 unspecified atom stereocenters. The lowest BCUT2D eigenvalue weighted by molar-refractivity contribution is -0.140. The van der Waals surface area contributed by atoms with Crippen LogP contribution in [0.1, 0.15) is 36.1 Å². The van der Waals surface area contributed by atoms with E-state index in [1.807, 2.05) is 54.6 Å². The van der Waals surface area contributed by atoms with Crippen molar-refractivity contribution in [1.82, 2.24) is 15.2 Å². The highest BCUT2D eigenvalue weighted by atomic mass is 35.5. The molecule has 1 N–H and O–H groups in total. The number of nitrogens with one attached hydrogen (secondary N) is 1. The number of nitrogens with zero attached hydrogens (tertiary/aromatic N) is 3. The number of hydrogen-bond acceptors (Lipinski definition) is 5. The van der Waals surface area contributed by atoms with Crippen LogP contribution in [0.25, 0.3) is 0 Å². The van der Waals surface area contributed by atoms with Gasteiger partial charge in [-0.3, -0.25) is 14.5 Å². The molecule has 5 rings (SSSR count). The first-order chi connectivity index (χ1) is 17.8. The van der Waals surface area contributed by atoms with E-state index in [9.17, 15) is 14.4 Å². The summed E-state index contributed by atoms with van der Waals surface area (Å²) in [7, 11) is 1.59. The second-order valence-electron chi connectivity index (χ2n) is 9.10. The second-order valence-corrected chi connectivity index (χ2v) is 9.53. The number of benzene rings is 3. The fourth-order valence-electron chi connectivity index (χ4n) is 4.66. The molecule has 1 saturated heterocycles. The lowest BCUT2D eigenvalue weighted by Crippen LogP contribution is -2.43. The Morgan fingerprint density at radius 1 is 1.05 bits per heavy atom. The summed E-state index contributed by atoms with van der Waals surface area (Å²) in [6.45, 7) is 1.18. The number of carbonyl (C=O) groups excluding carboxylic acids is 3. The van der Waals surface area contributed by atoms with Crippen LogP contribution in [0.15, 0.2) is 84.0 Å². The topological polar surface area (TPSA) is 91.3 Å². The Balaban J connectivity index is 1.42. The molecule has 2 aliphatic heterocycles. The number of ether oxygens (including phenoxy) is 1. The normalized spacial score (nSPS) is 21.2. The number of urea groups is 1. The largest absolute Gasteiger partial charge is 0.497 e. The van der Waals surface area contributed by atoms with Gasteiger partial charge in [0.05, 0.1) is 18.9 Å². The highest BCUT2D eigenvalue weighted by Crippen LogP contribution is 2.35.